The van der Waals surface area contributed by atoms with E-state index in [1.54, 1.807) is 18.2 Å². The number of aryl methyl sites for hydroxylation is 1. The standard InChI is InChI=1S/C14H15NO4/c1-4-5-11(14(17)18)15-13(16)10-8-9(2)6-7-12(10)19-3/h1,6-8,11H,5H2,2-3H3,(H,15,16)(H,17,18). The molecule has 0 saturated carbocycles. The van der Waals surface area contributed by atoms with Crippen LogP contribution < -0.4 is 10.1 Å². The maximum atomic E-state index is 12.0. The summed E-state index contributed by atoms with van der Waals surface area (Å²) in [7, 11) is 1.44. The number of methoxy groups -OCH3 is 1. The molecule has 0 radical (unpaired) electrons. The van der Waals surface area contributed by atoms with Crippen LogP contribution >= 0.6 is 0 Å². The molecule has 0 aliphatic heterocycles. The highest BCUT2D eigenvalue weighted by Crippen LogP contribution is 2.19. The van der Waals surface area contributed by atoms with Crippen molar-refractivity contribution in [2.75, 3.05) is 7.11 Å². The van der Waals surface area contributed by atoms with Crippen LogP contribution in [-0.4, -0.2) is 30.1 Å². The van der Waals surface area contributed by atoms with E-state index < -0.39 is 17.9 Å². The first-order chi connectivity index (χ1) is 8.99. The van der Waals surface area contributed by atoms with Crippen LogP contribution in [-0.2, 0) is 4.79 Å². The highest BCUT2D eigenvalue weighted by atomic mass is 16.5. The van der Waals surface area contributed by atoms with Gasteiger partial charge in [0.05, 0.1) is 12.7 Å². The van der Waals surface area contributed by atoms with Crippen LogP contribution in [0, 0.1) is 19.3 Å². The van der Waals surface area contributed by atoms with Crippen LogP contribution in [0.25, 0.3) is 0 Å². The van der Waals surface area contributed by atoms with E-state index in [2.05, 4.69) is 11.2 Å². The van der Waals surface area contributed by atoms with Gasteiger partial charge in [-0.05, 0) is 19.1 Å². The van der Waals surface area contributed by atoms with E-state index in [1.165, 1.54) is 7.11 Å². The Morgan fingerprint density at radius 2 is 2.21 bits per heavy atom. The average Bonchev–Trinajstić information content (AvgIpc) is 2.37. The summed E-state index contributed by atoms with van der Waals surface area (Å²) in [5, 5.41) is 11.3. The summed E-state index contributed by atoms with van der Waals surface area (Å²) in [4.78, 5) is 23.0. The zero-order chi connectivity index (χ0) is 14.4. The second kappa shape index (κ2) is 6.45. The second-order valence-electron chi connectivity index (χ2n) is 3.98. The minimum atomic E-state index is -1.17. The zero-order valence-corrected chi connectivity index (χ0v) is 10.8. The molecule has 1 rings (SSSR count). The van der Waals surface area contributed by atoms with Gasteiger partial charge in [0.15, 0.2) is 0 Å². The number of carbonyl (C=O) groups excluding carboxylic acids is 1. The summed E-state index contributed by atoms with van der Waals surface area (Å²) in [6.45, 7) is 1.83. The number of carboxylic acids is 1. The maximum absolute atomic E-state index is 12.0. The average molecular weight is 261 g/mol. The van der Waals surface area contributed by atoms with Crippen molar-refractivity contribution < 1.29 is 19.4 Å². The lowest BCUT2D eigenvalue weighted by atomic mass is 10.1. The summed E-state index contributed by atoms with van der Waals surface area (Å²) in [6.07, 6.45) is 5.00. The predicted octanol–water partition coefficient (Wildman–Crippen LogP) is 1.21. The Bertz CT molecular complexity index is 531. The molecule has 0 aliphatic carbocycles. The van der Waals surface area contributed by atoms with Gasteiger partial charge in [0, 0.05) is 6.42 Å². The molecule has 5 heteroatoms. The molecular weight excluding hydrogens is 246 g/mol. The van der Waals surface area contributed by atoms with Crippen molar-refractivity contribution in [3.8, 4) is 18.1 Å². The molecule has 0 bridgehead atoms. The van der Waals surface area contributed by atoms with Gasteiger partial charge in [-0.15, -0.1) is 12.3 Å². The van der Waals surface area contributed by atoms with Crippen LogP contribution in [0.4, 0.5) is 0 Å². The molecule has 1 aromatic carbocycles. The molecule has 2 N–H and O–H groups in total. The van der Waals surface area contributed by atoms with E-state index in [-0.39, 0.29) is 12.0 Å². The number of nitrogens with one attached hydrogen (secondary N) is 1. The molecule has 19 heavy (non-hydrogen) atoms. The highest BCUT2D eigenvalue weighted by Gasteiger charge is 2.21. The molecule has 1 atom stereocenters. The van der Waals surface area contributed by atoms with E-state index in [4.69, 9.17) is 16.3 Å². The Morgan fingerprint density at radius 1 is 1.53 bits per heavy atom. The first-order valence-corrected chi connectivity index (χ1v) is 5.61. The van der Waals surface area contributed by atoms with Crippen molar-refractivity contribution in [2.45, 2.75) is 19.4 Å². The van der Waals surface area contributed by atoms with Crippen LogP contribution in [0.5, 0.6) is 5.75 Å². The minimum absolute atomic E-state index is 0.0742. The fraction of sp³-hybridized carbons (Fsp3) is 0.286. The number of ether oxygens (including phenoxy) is 1. The van der Waals surface area contributed by atoms with Gasteiger partial charge in [0.1, 0.15) is 11.8 Å². The Morgan fingerprint density at radius 3 is 2.74 bits per heavy atom. The molecule has 100 valence electrons. The van der Waals surface area contributed by atoms with Crippen LogP contribution in [0.1, 0.15) is 22.3 Å². The first kappa shape index (κ1) is 14.6. The second-order valence-corrected chi connectivity index (χ2v) is 3.98. The third kappa shape index (κ3) is 3.75. The lowest BCUT2D eigenvalue weighted by molar-refractivity contribution is -0.139. The third-order valence-electron chi connectivity index (χ3n) is 2.53. The summed E-state index contributed by atoms with van der Waals surface area (Å²) in [5.74, 6) is 0.908. The molecule has 1 aromatic rings. The quantitative estimate of drug-likeness (QED) is 0.781. The molecule has 0 aromatic heterocycles. The number of benzene rings is 1. The Labute approximate surface area is 111 Å². The number of aliphatic carboxylic acids is 1. The van der Waals surface area contributed by atoms with Gasteiger partial charge in [-0.2, -0.15) is 0 Å². The van der Waals surface area contributed by atoms with Gasteiger partial charge < -0.3 is 15.2 Å². The molecule has 5 nitrogen and oxygen atoms in total. The first-order valence-electron chi connectivity index (χ1n) is 5.61. The van der Waals surface area contributed by atoms with Crippen molar-refractivity contribution in [3.63, 3.8) is 0 Å². The summed E-state index contributed by atoms with van der Waals surface area (Å²) in [5.41, 5.74) is 1.15. The maximum Gasteiger partial charge on any atom is 0.327 e. The number of terminal acetylenes is 1. The van der Waals surface area contributed by atoms with Gasteiger partial charge in [0.25, 0.3) is 5.91 Å². The van der Waals surface area contributed by atoms with Crippen molar-refractivity contribution in [2.24, 2.45) is 0 Å². The van der Waals surface area contributed by atoms with Crippen molar-refractivity contribution in [3.05, 3.63) is 29.3 Å². The van der Waals surface area contributed by atoms with Gasteiger partial charge in [-0.1, -0.05) is 11.6 Å². The number of carbonyl (C=O) groups is 2. The molecule has 0 saturated heterocycles. The summed E-state index contributed by atoms with van der Waals surface area (Å²) in [6, 6.07) is 3.97. The molecule has 0 fully saturated rings. The lowest BCUT2D eigenvalue weighted by Crippen LogP contribution is -2.40. The molecule has 1 amide bonds. The molecule has 0 aliphatic rings. The predicted molar refractivity (Wildman–Crippen MR) is 70.1 cm³/mol. The minimum Gasteiger partial charge on any atom is -0.496 e. The zero-order valence-electron chi connectivity index (χ0n) is 10.8. The molecule has 0 heterocycles. The van der Waals surface area contributed by atoms with Gasteiger partial charge in [0.2, 0.25) is 0 Å². The summed E-state index contributed by atoms with van der Waals surface area (Å²) >= 11 is 0. The van der Waals surface area contributed by atoms with Crippen LogP contribution in [0.15, 0.2) is 18.2 Å². The number of carboxylic acid groups (broad SMARTS) is 1. The van der Waals surface area contributed by atoms with Crippen molar-refractivity contribution in [1.82, 2.24) is 5.32 Å². The van der Waals surface area contributed by atoms with E-state index >= 15 is 0 Å². The topological polar surface area (TPSA) is 75.6 Å². The van der Waals surface area contributed by atoms with Gasteiger partial charge >= 0.3 is 5.97 Å². The monoisotopic (exact) mass is 261 g/mol. The number of hydrogen-bond acceptors (Lipinski definition) is 3. The molecule has 1 unspecified atom stereocenters. The molecule has 0 spiro atoms. The third-order valence-corrected chi connectivity index (χ3v) is 2.53. The van der Waals surface area contributed by atoms with E-state index in [0.29, 0.717) is 5.75 Å². The number of rotatable bonds is 5. The lowest BCUT2D eigenvalue weighted by Gasteiger charge is -2.14. The summed E-state index contributed by atoms with van der Waals surface area (Å²) < 4.78 is 5.07. The fourth-order valence-corrected chi connectivity index (χ4v) is 1.55. The van der Waals surface area contributed by atoms with Crippen molar-refractivity contribution in [1.29, 1.82) is 0 Å². The Kier molecular flexibility index (Phi) is 4.95. The largest absolute Gasteiger partial charge is 0.496 e. The fourth-order valence-electron chi connectivity index (χ4n) is 1.55. The Balaban J connectivity index is 2.97. The van der Waals surface area contributed by atoms with E-state index in [0.717, 1.165) is 5.56 Å². The van der Waals surface area contributed by atoms with E-state index in [9.17, 15) is 9.59 Å². The smallest absolute Gasteiger partial charge is 0.327 e. The van der Waals surface area contributed by atoms with Crippen LogP contribution in [0.3, 0.4) is 0 Å². The number of amides is 1. The van der Waals surface area contributed by atoms with E-state index in [1.807, 2.05) is 6.92 Å². The Hall–Kier alpha value is -2.48. The normalized spacial score (nSPS) is 11.2. The van der Waals surface area contributed by atoms with Gasteiger partial charge in [-0.25, -0.2) is 4.79 Å². The van der Waals surface area contributed by atoms with Crippen LogP contribution in [0.2, 0.25) is 0 Å². The SMILES string of the molecule is C#CCC(NC(=O)c1cc(C)ccc1OC)C(=O)O. The van der Waals surface area contributed by atoms with Gasteiger partial charge in [-0.3, -0.25) is 4.79 Å². The molecular formula is C14H15NO4. The van der Waals surface area contributed by atoms with Crippen molar-refractivity contribution >= 4 is 11.9 Å². The number of hydrogen-bond donors (Lipinski definition) is 2. The highest BCUT2D eigenvalue weighted by molar-refractivity contribution is 5.99.